The van der Waals surface area contributed by atoms with Gasteiger partial charge in [0.15, 0.2) is 0 Å². The Bertz CT molecular complexity index is 441. The van der Waals surface area contributed by atoms with E-state index in [0.717, 1.165) is 6.42 Å². The van der Waals surface area contributed by atoms with E-state index in [0.29, 0.717) is 6.54 Å². The summed E-state index contributed by atoms with van der Waals surface area (Å²) < 4.78 is 26.6. The highest BCUT2D eigenvalue weighted by molar-refractivity contribution is 7.89. The number of rotatable bonds is 4. The van der Waals surface area contributed by atoms with Crippen molar-refractivity contribution in [1.82, 2.24) is 13.9 Å². The molecule has 0 aliphatic heterocycles. The lowest BCUT2D eigenvalue weighted by atomic mass is 10.5. The molecule has 0 saturated heterocycles. The highest BCUT2D eigenvalue weighted by Gasteiger charge is 2.26. The van der Waals surface area contributed by atoms with Crippen molar-refractivity contribution in [3.05, 3.63) is 11.5 Å². The summed E-state index contributed by atoms with van der Waals surface area (Å²) in [6.07, 6.45) is 2.13. The zero-order valence-corrected chi connectivity index (χ0v) is 10.5. The molecule has 1 aromatic heterocycles. The van der Waals surface area contributed by atoms with Gasteiger partial charge in [-0.3, -0.25) is 0 Å². The molecule has 0 aromatic carbocycles. The van der Waals surface area contributed by atoms with Crippen LogP contribution in [0.1, 0.15) is 13.3 Å². The summed E-state index contributed by atoms with van der Waals surface area (Å²) in [6, 6.07) is 0. The number of halogens is 1. The van der Waals surface area contributed by atoms with Crippen LogP contribution in [-0.2, 0) is 17.1 Å². The number of nitrogens with zero attached hydrogens (tertiary/aromatic N) is 3. The van der Waals surface area contributed by atoms with Crippen molar-refractivity contribution >= 4 is 21.6 Å². The Morgan fingerprint density at radius 3 is 2.60 bits per heavy atom. The van der Waals surface area contributed by atoms with Crippen LogP contribution in [0.5, 0.6) is 0 Å². The van der Waals surface area contributed by atoms with Crippen molar-refractivity contribution < 1.29 is 8.42 Å². The lowest BCUT2D eigenvalue weighted by molar-refractivity contribution is 0.466. The third-order valence-corrected chi connectivity index (χ3v) is 4.38. The smallest absolute Gasteiger partial charge is 0.263 e. The molecule has 0 saturated carbocycles. The van der Waals surface area contributed by atoms with Gasteiger partial charge >= 0.3 is 0 Å². The average molecular weight is 252 g/mol. The Balaban J connectivity index is 3.12. The summed E-state index contributed by atoms with van der Waals surface area (Å²) in [5.74, 6) is 0. The van der Waals surface area contributed by atoms with Gasteiger partial charge in [0.2, 0.25) is 5.03 Å². The molecule has 0 fully saturated rings. The Morgan fingerprint density at radius 1 is 1.60 bits per heavy atom. The highest BCUT2D eigenvalue weighted by Crippen LogP contribution is 2.21. The summed E-state index contributed by atoms with van der Waals surface area (Å²) in [5, 5.41) is 0.0561. The van der Waals surface area contributed by atoms with Crippen LogP contribution in [0.25, 0.3) is 0 Å². The molecule has 0 unspecified atom stereocenters. The summed E-state index contributed by atoms with van der Waals surface area (Å²) in [4.78, 5) is 3.79. The van der Waals surface area contributed by atoms with Gasteiger partial charge in [-0.05, 0) is 6.42 Å². The van der Waals surface area contributed by atoms with Gasteiger partial charge < -0.3 is 4.57 Å². The van der Waals surface area contributed by atoms with Gasteiger partial charge in [-0.1, -0.05) is 18.5 Å². The molecule has 0 aliphatic rings. The van der Waals surface area contributed by atoms with E-state index in [9.17, 15) is 8.42 Å². The molecule has 1 aromatic rings. The minimum absolute atomic E-state index is 0.0809. The molecule has 1 heterocycles. The Morgan fingerprint density at radius 2 is 2.20 bits per heavy atom. The van der Waals surface area contributed by atoms with Crippen LogP contribution in [0.15, 0.2) is 11.4 Å². The van der Waals surface area contributed by atoms with Crippen LogP contribution in [-0.4, -0.2) is 35.9 Å². The van der Waals surface area contributed by atoms with Crippen LogP contribution < -0.4 is 0 Å². The number of hydrogen-bond donors (Lipinski definition) is 0. The molecule has 86 valence electrons. The van der Waals surface area contributed by atoms with E-state index >= 15 is 0 Å². The molecule has 0 spiro atoms. The normalized spacial score (nSPS) is 12.3. The molecule has 7 heteroatoms. The molecular weight excluding hydrogens is 238 g/mol. The molecule has 0 amide bonds. The standard InChI is InChI=1S/C8H14ClN3O2S/c1-4-5-12(3)15(13,14)8-7(9)11(2)6-10-8/h6H,4-5H2,1-3H3. The Kier molecular flexibility index (Phi) is 3.75. The summed E-state index contributed by atoms with van der Waals surface area (Å²) in [7, 11) is -0.377. The van der Waals surface area contributed by atoms with Gasteiger partial charge in [-0.15, -0.1) is 0 Å². The summed E-state index contributed by atoms with van der Waals surface area (Å²) in [5.41, 5.74) is 0. The van der Waals surface area contributed by atoms with Crippen LogP contribution in [0.4, 0.5) is 0 Å². The molecule has 15 heavy (non-hydrogen) atoms. The molecule has 0 aliphatic carbocycles. The first kappa shape index (κ1) is 12.5. The SMILES string of the molecule is CCCN(C)S(=O)(=O)c1ncn(C)c1Cl. The second-order valence-electron chi connectivity index (χ2n) is 3.28. The fourth-order valence-electron chi connectivity index (χ4n) is 1.15. The van der Waals surface area contributed by atoms with E-state index in [1.54, 1.807) is 7.05 Å². The average Bonchev–Trinajstić information content (AvgIpc) is 2.48. The summed E-state index contributed by atoms with van der Waals surface area (Å²) >= 11 is 5.83. The number of aryl methyl sites for hydroxylation is 1. The van der Waals surface area contributed by atoms with Gasteiger partial charge in [0.25, 0.3) is 10.0 Å². The first-order chi connectivity index (χ1) is 6.91. The fraction of sp³-hybridized carbons (Fsp3) is 0.625. The maximum Gasteiger partial charge on any atom is 0.263 e. The largest absolute Gasteiger partial charge is 0.324 e. The first-order valence-corrected chi connectivity index (χ1v) is 6.36. The minimum atomic E-state index is -3.54. The van der Waals surface area contributed by atoms with E-state index in [2.05, 4.69) is 4.98 Å². The number of sulfonamides is 1. The van der Waals surface area contributed by atoms with Crippen LogP contribution in [0, 0.1) is 0 Å². The number of imidazole rings is 1. The minimum Gasteiger partial charge on any atom is -0.324 e. The lowest BCUT2D eigenvalue weighted by Gasteiger charge is -2.14. The molecule has 0 atom stereocenters. The molecular formula is C8H14ClN3O2S. The lowest BCUT2D eigenvalue weighted by Crippen LogP contribution is -2.28. The second kappa shape index (κ2) is 4.51. The van der Waals surface area contributed by atoms with Crippen molar-refractivity contribution in [2.45, 2.75) is 18.4 Å². The predicted octanol–water partition coefficient (Wildman–Crippen LogP) is 1.10. The zero-order valence-electron chi connectivity index (χ0n) is 8.94. The van der Waals surface area contributed by atoms with E-state index in [1.165, 1.54) is 22.2 Å². The van der Waals surface area contributed by atoms with Crippen LogP contribution >= 0.6 is 11.6 Å². The zero-order chi connectivity index (χ0) is 11.6. The number of hydrogen-bond acceptors (Lipinski definition) is 3. The van der Waals surface area contributed by atoms with Crippen molar-refractivity contribution in [2.75, 3.05) is 13.6 Å². The van der Waals surface area contributed by atoms with E-state index in [4.69, 9.17) is 11.6 Å². The second-order valence-corrected chi connectivity index (χ2v) is 5.60. The highest BCUT2D eigenvalue weighted by atomic mass is 35.5. The van der Waals surface area contributed by atoms with Crippen molar-refractivity contribution in [2.24, 2.45) is 7.05 Å². The third-order valence-electron chi connectivity index (χ3n) is 2.03. The van der Waals surface area contributed by atoms with Crippen LogP contribution in [0.3, 0.4) is 0 Å². The van der Waals surface area contributed by atoms with Crippen molar-refractivity contribution in [3.63, 3.8) is 0 Å². The van der Waals surface area contributed by atoms with Crippen molar-refractivity contribution in [3.8, 4) is 0 Å². The Hall–Kier alpha value is -0.590. The van der Waals surface area contributed by atoms with E-state index in [-0.39, 0.29) is 10.2 Å². The monoisotopic (exact) mass is 251 g/mol. The summed E-state index contributed by atoms with van der Waals surface area (Å²) in [6.45, 7) is 2.36. The quantitative estimate of drug-likeness (QED) is 0.805. The molecule has 1 rings (SSSR count). The van der Waals surface area contributed by atoms with Gasteiger partial charge in [0, 0.05) is 20.6 Å². The van der Waals surface area contributed by atoms with Gasteiger partial charge in [-0.25, -0.2) is 13.4 Å². The molecule has 5 nitrogen and oxygen atoms in total. The van der Waals surface area contributed by atoms with E-state index < -0.39 is 10.0 Å². The fourth-order valence-corrected chi connectivity index (χ4v) is 2.79. The molecule has 0 N–H and O–H groups in total. The van der Waals surface area contributed by atoms with Gasteiger partial charge in [-0.2, -0.15) is 4.31 Å². The van der Waals surface area contributed by atoms with Crippen LogP contribution in [0.2, 0.25) is 5.15 Å². The Labute approximate surface area is 94.7 Å². The maximum absolute atomic E-state index is 11.9. The third kappa shape index (κ3) is 2.32. The molecule has 0 radical (unpaired) electrons. The van der Waals surface area contributed by atoms with Crippen molar-refractivity contribution in [1.29, 1.82) is 0 Å². The predicted molar refractivity (Wildman–Crippen MR) is 58.3 cm³/mol. The maximum atomic E-state index is 11.9. The first-order valence-electron chi connectivity index (χ1n) is 4.54. The topological polar surface area (TPSA) is 55.2 Å². The molecule has 0 bridgehead atoms. The number of aromatic nitrogens is 2. The van der Waals surface area contributed by atoms with E-state index in [1.807, 2.05) is 6.92 Å². The van der Waals surface area contributed by atoms with Gasteiger partial charge in [0.05, 0.1) is 6.33 Å². The van der Waals surface area contributed by atoms with Gasteiger partial charge in [0.1, 0.15) is 5.15 Å².